The number of hydrogen-bond donors (Lipinski definition) is 1. The van der Waals surface area contributed by atoms with E-state index in [-0.39, 0.29) is 0 Å². The molecule has 17 heavy (non-hydrogen) atoms. The van der Waals surface area contributed by atoms with Crippen LogP contribution in [0.5, 0.6) is 0 Å². The van der Waals surface area contributed by atoms with Crippen LogP contribution in [-0.2, 0) is 0 Å². The normalized spacial score (nSPS) is 10.5. The lowest BCUT2D eigenvalue weighted by atomic mass is 10.1. The summed E-state index contributed by atoms with van der Waals surface area (Å²) in [6.45, 7) is 9.48. The van der Waals surface area contributed by atoms with Crippen molar-refractivity contribution in [2.24, 2.45) is 5.92 Å². The Labute approximate surface area is 110 Å². The third-order valence-corrected chi connectivity index (χ3v) is 3.10. The molecule has 0 saturated heterocycles. The fraction of sp³-hybridized carbons (Fsp3) is 0.500. The molecule has 0 aliphatic carbocycles. The largest absolute Gasteiger partial charge is 0.362 e. The van der Waals surface area contributed by atoms with Crippen LogP contribution in [0.2, 0.25) is 0 Å². The smallest absolute Gasteiger partial charge is 0.173 e. The highest BCUT2D eigenvalue weighted by Crippen LogP contribution is 2.19. The maximum absolute atomic E-state index is 5.38. The van der Waals surface area contributed by atoms with Crippen molar-refractivity contribution in [3.05, 3.63) is 29.3 Å². The number of anilines is 1. The van der Waals surface area contributed by atoms with Crippen molar-refractivity contribution in [2.45, 2.75) is 27.7 Å². The molecular weight excluding hydrogens is 228 g/mol. The van der Waals surface area contributed by atoms with Crippen molar-refractivity contribution in [3.63, 3.8) is 0 Å². The van der Waals surface area contributed by atoms with Gasteiger partial charge < -0.3 is 10.2 Å². The maximum Gasteiger partial charge on any atom is 0.173 e. The Morgan fingerprint density at radius 2 is 2.00 bits per heavy atom. The Morgan fingerprint density at radius 1 is 1.35 bits per heavy atom. The van der Waals surface area contributed by atoms with Gasteiger partial charge in [-0.2, -0.15) is 0 Å². The van der Waals surface area contributed by atoms with Crippen LogP contribution in [0.3, 0.4) is 0 Å². The summed E-state index contributed by atoms with van der Waals surface area (Å²) in [5.74, 6) is 0.598. The molecule has 2 nitrogen and oxygen atoms in total. The van der Waals surface area contributed by atoms with Gasteiger partial charge in [0.15, 0.2) is 5.11 Å². The molecule has 0 aliphatic rings. The Morgan fingerprint density at radius 3 is 2.53 bits per heavy atom. The van der Waals surface area contributed by atoms with E-state index >= 15 is 0 Å². The quantitative estimate of drug-likeness (QED) is 0.829. The zero-order chi connectivity index (χ0) is 13.0. The molecule has 3 heteroatoms. The van der Waals surface area contributed by atoms with Crippen LogP contribution >= 0.6 is 12.2 Å². The molecule has 0 fully saturated rings. The van der Waals surface area contributed by atoms with Crippen molar-refractivity contribution >= 4 is 23.0 Å². The minimum Gasteiger partial charge on any atom is -0.362 e. The average Bonchev–Trinajstić information content (AvgIpc) is 2.25. The summed E-state index contributed by atoms with van der Waals surface area (Å²) >= 11 is 5.38. The third-order valence-electron chi connectivity index (χ3n) is 2.68. The van der Waals surface area contributed by atoms with E-state index in [0.29, 0.717) is 5.92 Å². The molecule has 1 aromatic rings. The van der Waals surface area contributed by atoms with Crippen molar-refractivity contribution in [1.82, 2.24) is 5.32 Å². The standard InChI is InChI=1S/C14H22N2S/c1-10(2)9-15-14(17)16(5)13-7-6-11(3)8-12(13)4/h6-8,10H,9H2,1-5H3,(H,15,17). The fourth-order valence-electron chi connectivity index (χ4n) is 1.70. The van der Waals surface area contributed by atoms with Gasteiger partial charge >= 0.3 is 0 Å². The molecule has 94 valence electrons. The monoisotopic (exact) mass is 250 g/mol. The number of nitrogens with one attached hydrogen (secondary N) is 1. The van der Waals surface area contributed by atoms with Crippen molar-refractivity contribution in [1.29, 1.82) is 0 Å². The van der Waals surface area contributed by atoms with Crippen LogP contribution in [-0.4, -0.2) is 18.7 Å². The van der Waals surface area contributed by atoms with Crippen molar-refractivity contribution in [2.75, 3.05) is 18.5 Å². The van der Waals surface area contributed by atoms with Crippen LogP contribution in [0, 0.1) is 19.8 Å². The summed E-state index contributed by atoms with van der Waals surface area (Å²) in [5, 5.41) is 4.06. The van der Waals surface area contributed by atoms with Gasteiger partial charge in [0.05, 0.1) is 0 Å². The fourth-order valence-corrected chi connectivity index (χ4v) is 1.88. The molecule has 0 amide bonds. The van der Waals surface area contributed by atoms with E-state index in [0.717, 1.165) is 17.3 Å². The number of hydrogen-bond acceptors (Lipinski definition) is 1. The van der Waals surface area contributed by atoms with E-state index in [1.54, 1.807) is 0 Å². The number of thiocarbonyl (C=S) groups is 1. The first-order chi connectivity index (χ1) is 7.91. The van der Waals surface area contributed by atoms with Crippen LogP contribution in [0.1, 0.15) is 25.0 Å². The molecule has 0 saturated carbocycles. The molecule has 1 aromatic carbocycles. The van der Waals surface area contributed by atoms with Gasteiger partial charge in [0.2, 0.25) is 0 Å². The second-order valence-corrected chi connectivity index (χ2v) is 5.32. The first kappa shape index (κ1) is 14.0. The lowest BCUT2D eigenvalue weighted by Crippen LogP contribution is -2.39. The predicted octanol–water partition coefficient (Wildman–Crippen LogP) is 3.27. The summed E-state index contributed by atoms with van der Waals surface area (Å²) in [7, 11) is 2.01. The molecule has 0 aliphatic heterocycles. The van der Waals surface area contributed by atoms with E-state index in [2.05, 4.69) is 51.2 Å². The zero-order valence-corrected chi connectivity index (χ0v) is 12.2. The third kappa shape index (κ3) is 4.00. The summed E-state index contributed by atoms with van der Waals surface area (Å²) < 4.78 is 0. The zero-order valence-electron chi connectivity index (χ0n) is 11.4. The van der Waals surface area contributed by atoms with Gasteiger partial charge in [-0.3, -0.25) is 0 Å². The van der Waals surface area contributed by atoms with Crippen LogP contribution in [0.4, 0.5) is 5.69 Å². The average molecular weight is 250 g/mol. The second-order valence-electron chi connectivity index (χ2n) is 4.93. The molecule has 1 N–H and O–H groups in total. The Balaban J connectivity index is 2.74. The highest BCUT2D eigenvalue weighted by atomic mass is 32.1. The van der Waals surface area contributed by atoms with E-state index < -0.39 is 0 Å². The van der Waals surface area contributed by atoms with Crippen molar-refractivity contribution in [3.8, 4) is 0 Å². The Bertz CT molecular complexity index is 399. The minimum atomic E-state index is 0.598. The number of rotatable bonds is 3. The maximum atomic E-state index is 5.38. The Hall–Kier alpha value is -1.09. The van der Waals surface area contributed by atoms with Crippen LogP contribution in [0.15, 0.2) is 18.2 Å². The van der Waals surface area contributed by atoms with E-state index in [1.165, 1.54) is 11.1 Å². The van der Waals surface area contributed by atoms with E-state index in [4.69, 9.17) is 12.2 Å². The first-order valence-electron chi connectivity index (χ1n) is 6.00. The topological polar surface area (TPSA) is 15.3 Å². The molecule has 0 atom stereocenters. The SMILES string of the molecule is Cc1ccc(N(C)C(=S)NCC(C)C)c(C)c1. The minimum absolute atomic E-state index is 0.598. The van der Waals surface area contributed by atoms with Gasteiger partial charge in [-0.1, -0.05) is 31.5 Å². The lowest BCUT2D eigenvalue weighted by Gasteiger charge is -2.23. The van der Waals surface area contributed by atoms with Gasteiger partial charge in [-0.05, 0) is 43.6 Å². The van der Waals surface area contributed by atoms with Gasteiger partial charge in [0.25, 0.3) is 0 Å². The molecule has 0 heterocycles. The molecule has 0 unspecified atom stereocenters. The number of aryl methyl sites for hydroxylation is 2. The molecule has 0 aromatic heterocycles. The first-order valence-corrected chi connectivity index (χ1v) is 6.41. The van der Waals surface area contributed by atoms with Gasteiger partial charge in [-0.25, -0.2) is 0 Å². The van der Waals surface area contributed by atoms with Crippen LogP contribution < -0.4 is 10.2 Å². The summed E-state index contributed by atoms with van der Waals surface area (Å²) in [4.78, 5) is 2.03. The predicted molar refractivity (Wildman–Crippen MR) is 79.8 cm³/mol. The Kier molecular flexibility index (Phi) is 4.94. The highest BCUT2D eigenvalue weighted by Gasteiger charge is 2.09. The summed E-state index contributed by atoms with van der Waals surface area (Å²) in [6, 6.07) is 6.41. The van der Waals surface area contributed by atoms with E-state index in [9.17, 15) is 0 Å². The van der Waals surface area contributed by atoms with Crippen molar-refractivity contribution < 1.29 is 0 Å². The van der Waals surface area contributed by atoms with Crippen LogP contribution in [0.25, 0.3) is 0 Å². The van der Waals surface area contributed by atoms with Gasteiger partial charge in [0.1, 0.15) is 0 Å². The molecule has 1 rings (SSSR count). The molecular formula is C14H22N2S. The van der Waals surface area contributed by atoms with Gasteiger partial charge in [-0.15, -0.1) is 0 Å². The van der Waals surface area contributed by atoms with E-state index in [1.807, 2.05) is 11.9 Å². The van der Waals surface area contributed by atoms with Gasteiger partial charge in [0, 0.05) is 19.3 Å². The summed E-state index contributed by atoms with van der Waals surface area (Å²) in [5.41, 5.74) is 3.69. The highest BCUT2D eigenvalue weighted by molar-refractivity contribution is 7.80. The number of benzene rings is 1. The molecule has 0 spiro atoms. The number of nitrogens with zero attached hydrogens (tertiary/aromatic N) is 1. The second kappa shape index (κ2) is 6.01. The molecule has 0 bridgehead atoms. The molecule has 0 radical (unpaired) electrons. The lowest BCUT2D eigenvalue weighted by molar-refractivity contribution is 0.625. The summed E-state index contributed by atoms with van der Waals surface area (Å²) in [6.07, 6.45) is 0.